The van der Waals surface area contributed by atoms with E-state index in [0.29, 0.717) is 6.54 Å². The SMILES string of the molecule is CC1(CNC(=O)c2nccnc2N)CCCS1. The number of nitrogen functional groups attached to an aromatic ring is 1. The van der Waals surface area contributed by atoms with Crippen molar-refractivity contribution in [2.45, 2.75) is 24.5 Å². The predicted octanol–water partition coefficient (Wildman–Crippen LogP) is 1.07. The molecule has 92 valence electrons. The van der Waals surface area contributed by atoms with Gasteiger partial charge in [-0.1, -0.05) is 0 Å². The number of nitrogens with one attached hydrogen (secondary N) is 1. The summed E-state index contributed by atoms with van der Waals surface area (Å²) in [6.07, 6.45) is 5.29. The fourth-order valence-electron chi connectivity index (χ4n) is 1.85. The van der Waals surface area contributed by atoms with E-state index in [-0.39, 0.29) is 22.2 Å². The summed E-state index contributed by atoms with van der Waals surface area (Å²) in [4.78, 5) is 19.6. The summed E-state index contributed by atoms with van der Waals surface area (Å²) in [5.74, 6) is 1.10. The molecule has 6 heteroatoms. The normalized spacial score (nSPS) is 23.6. The molecule has 1 aliphatic heterocycles. The molecule has 5 nitrogen and oxygen atoms in total. The van der Waals surface area contributed by atoms with Crippen molar-refractivity contribution in [3.63, 3.8) is 0 Å². The van der Waals surface area contributed by atoms with Gasteiger partial charge in [-0.2, -0.15) is 11.8 Å². The van der Waals surface area contributed by atoms with Gasteiger partial charge in [0.25, 0.3) is 5.91 Å². The third-order valence-electron chi connectivity index (χ3n) is 2.86. The van der Waals surface area contributed by atoms with E-state index in [2.05, 4.69) is 22.2 Å². The van der Waals surface area contributed by atoms with Crippen LogP contribution in [0.4, 0.5) is 5.82 Å². The Hall–Kier alpha value is -1.30. The Morgan fingerprint density at radius 1 is 1.59 bits per heavy atom. The molecule has 17 heavy (non-hydrogen) atoms. The fourth-order valence-corrected chi connectivity index (χ4v) is 3.10. The van der Waals surface area contributed by atoms with Crippen molar-refractivity contribution in [2.75, 3.05) is 18.0 Å². The molecule has 1 aromatic rings. The Balaban J connectivity index is 1.96. The van der Waals surface area contributed by atoms with E-state index < -0.39 is 0 Å². The topological polar surface area (TPSA) is 80.9 Å². The number of carbonyl (C=O) groups excluding carboxylic acids is 1. The van der Waals surface area contributed by atoms with Gasteiger partial charge in [-0.05, 0) is 25.5 Å². The largest absolute Gasteiger partial charge is 0.382 e. The Bertz CT molecular complexity index is 418. The van der Waals surface area contributed by atoms with Crippen molar-refractivity contribution < 1.29 is 4.79 Å². The molecular formula is C11H16N4OS. The number of hydrogen-bond acceptors (Lipinski definition) is 5. The highest BCUT2D eigenvalue weighted by molar-refractivity contribution is 8.00. The van der Waals surface area contributed by atoms with Crippen LogP contribution in [0.3, 0.4) is 0 Å². The zero-order valence-electron chi connectivity index (χ0n) is 9.77. The van der Waals surface area contributed by atoms with Gasteiger partial charge in [-0.3, -0.25) is 4.79 Å². The molecule has 1 fully saturated rings. The van der Waals surface area contributed by atoms with Crippen molar-refractivity contribution in [3.8, 4) is 0 Å². The second-order valence-corrected chi connectivity index (χ2v) is 6.06. The van der Waals surface area contributed by atoms with Crippen LogP contribution in [0.5, 0.6) is 0 Å². The van der Waals surface area contributed by atoms with E-state index in [1.54, 1.807) is 0 Å². The van der Waals surface area contributed by atoms with Crippen molar-refractivity contribution >= 4 is 23.5 Å². The van der Waals surface area contributed by atoms with Crippen LogP contribution >= 0.6 is 11.8 Å². The molecule has 0 saturated carbocycles. The number of nitrogens with zero attached hydrogens (tertiary/aromatic N) is 2. The molecule has 3 N–H and O–H groups in total. The number of carbonyl (C=O) groups is 1. The van der Waals surface area contributed by atoms with Gasteiger partial charge < -0.3 is 11.1 Å². The number of rotatable bonds is 3. The van der Waals surface area contributed by atoms with E-state index in [0.717, 1.165) is 6.42 Å². The lowest BCUT2D eigenvalue weighted by atomic mass is 10.1. The fraction of sp³-hybridized carbons (Fsp3) is 0.545. The summed E-state index contributed by atoms with van der Waals surface area (Å²) in [6.45, 7) is 2.82. The van der Waals surface area contributed by atoms with Gasteiger partial charge >= 0.3 is 0 Å². The van der Waals surface area contributed by atoms with Crippen molar-refractivity contribution in [3.05, 3.63) is 18.1 Å². The first-order valence-electron chi connectivity index (χ1n) is 5.59. The van der Waals surface area contributed by atoms with Gasteiger partial charge in [0.15, 0.2) is 11.5 Å². The lowest BCUT2D eigenvalue weighted by molar-refractivity contribution is 0.0945. The molecule has 0 spiro atoms. The predicted molar refractivity (Wildman–Crippen MR) is 68.9 cm³/mol. The van der Waals surface area contributed by atoms with Gasteiger partial charge in [0.05, 0.1) is 0 Å². The summed E-state index contributed by atoms with van der Waals surface area (Å²) < 4.78 is 0.145. The molecule has 0 aliphatic carbocycles. The zero-order chi connectivity index (χ0) is 12.3. The maximum atomic E-state index is 11.9. The maximum Gasteiger partial charge on any atom is 0.273 e. The molecule has 1 unspecified atom stereocenters. The Morgan fingerprint density at radius 3 is 3.00 bits per heavy atom. The van der Waals surface area contributed by atoms with Crippen LogP contribution in [-0.2, 0) is 0 Å². The van der Waals surface area contributed by atoms with Crippen LogP contribution in [0.1, 0.15) is 30.3 Å². The lowest BCUT2D eigenvalue weighted by Crippen LogP contribution is -2.37. The first-order valence-corrected chi connectivity index (χ1v) is 6.58. The minimum absolute atomic E-state index is 0.145. The molecule has 0 radical (unpaired) electrons. The summed E-state index contributed by atoms with van der Waals surface area (Å²) in [7, 11) is 0. The highest BCUT2D eigenvalue weighted by atomic mass is 32.2. The molecule has 1 amide bonds. The van der Waals surface area contributed by atoms with Crippen LogP contribution in [0, 0.1) is 0 Å². The molecule has 1 aliphatic rings. The molecular weight excluding hydrogens is 236 g/mol. The number of hydrogen-bond donors (Lipinski definition) is 2. The molecule has 1 aromatic heterocycles. The number of aromatic nitrogens is 2. The van der Waals surface area contributed by atoms with Gasteiger partial charge in [0.2, 0.25) is 0 Å². The average Bonchev–Trinajstić information content (AvgIpc) is 2.74. The quantitative estimate of drug-likeness (QED) is 0.841. The van der Waals surface area contributed by atoms with Gasteiger partial charge in [0.1, 0.15) is 0 Å². The van der Waals surface area contributed by atoms with E-state index in [1.807, 2.05) is 11.8 Å². The first kappa shape index (κ1) is 12.2. The van der Waals surface area contributed by atoms with Crippen LogP contribution in [0.15, 0.2) is 12.4 Å². The van der Waals surface area contributed by atoms with Crippen molar-refractivity contribution in [2.24, 2.45) is 0 Å². The molecule has 1 atom stereocenters. The standard InChI is InChI=1S/C11H16N4OS/c1-11(3-2-6-17-11)7-15-10(16)8-9(12)14-5-4-13-8/h4-5H,2-3,6-7H2,1H3,(H2,12,14)(H,15,16). The molecule has 2 rings (SSSR count). The minimum atomic E-state index is -0.246. The number of thioether (sulfide) groups is 1. The van der Waals surface area contributed by atoms with Gasteiger partial charge in [-0.25, -0.2) is 9.97 Å². The number of amides is 1. The van der Waals surface area contributed by atoms with Crippen LogP contribution in [0.25, 0.3) is 0 Å². The molecule has 1 saturated heterocycles. The van der Waals surface area contributed by atoms with Crippen LogP contribution < -0.4 is 11.1 Å². The first-order chi connectivity index (χ1) is 8.11. The van der Waals surface area contributed by atoms with Gasteiger partial charge in [0, 0.05) is 23.7 Å². The Morgan fingerprint density at radius 2 is 2.35 bits per heavy atom. The monoisotopic (exact) mass is 252 g/mol. The lowest BCUT2D eigenvalue weighted by Gasteiger charge is -2.22. The second kappa shape index (κ2) is 4.91. The molecule has 0 aromatic carbocycles. The summed E-state index contributed by atoms with van der Waals surface area (Å²) in [6, 6.07) is 0. The summed E-state index contributed by atoms with van der Waals surface area (Å²) in [5.41, 5.74) is 5.81. The number of anilines is 1. The third-order valence-corrected chi connectivity index (χ3v) is 4.40. The van der Waals surface area contributed by atoms with E-state index in [9.17, 15) is 4.79 Å². The highest BCUT2D eigenvalue weighted by Crippen LogP contribution is 2.36. The van der Waals surface area contributed by atoms with Crippen molar-refractivity contribution in [1.29, 1.82) is 0 Å². The van der Waals surface area contributed by atoms with E-state index in [4.69, 9.17) is 5.73 Å². The smallest absolute Gasteiger partial charge is 0.273 e. The zero-order valence-corrected chi connectivity index (χ0v) is 10.6. The van der Waals surface area contributed by atoms with Gasteiger partial charge in [-0.15, -0.1) is 0 Å². The third kappa shape index (κ3) is 2.88. The van der Waals surface area contributed by atoms with E-state index >= 15 is 0 Å². The minimum Gasteiger partial charge on any atom is -0.382 e. The summed E-state index contributed by atoms with van der Waals surface area (Å²) >= 11 is 1.90. The molecule has 2 heterocycles. The summed E-state index contributed by atoms with van der Waals surface area (Å²) in [5, 5.41) is 2.88. The second-order valence-electron chi connectivity index (χ2n) is 4.37. The van der Waals surface area contributed by atoms with Crippen LogP contribution in [-0.4, -0.2) is 32.9 Å². The Kier molecular flexibility index (Phi) is 3.51. The maximum absolute atomic E-state index is 11.9. The molecule has 0 bridgehead atoms. The van der Waals surface area contributed by atoms with E-state index in [1.165, 1.54) is 24.6 Å². The van der Waals surface area contributed by atoms with Crippen LogP contribution in [0.2, 0.25) is 0 Å². The average molecular weight is 252 g/mol. The highest BCUT2D eigenvalue weighted by Gasteiger charge is 2.30. The van der Waals surface area contributed by atoms with Crippen molar-refractivity contribution in [1.82, 2.24) is 15.3 Å². The number of nitrogens with two attached hydrogens (primary N) is 1. The Labute approximate surface area is 105 Å².